The number of carbonyl (C=O) groups is 3. The van der Waals surface area contributed by atoms with Gasteiger partial charge in [0.15, 0.2) is 0 Å². The normalized spacial score (nSPS) is 13.4. The van der Waals surface area contributed by atoms with Gasteiger partial charge in [-0.25, -0.2) is 13.1 Å². The lowest BCUT2D eigenvalue weighted by Gasteiger charge is -2.12. The number of hydrogen-bond donors (Lipinski definition) is 4. The number of para-hydroxylation sites is 1. The number of nitrogens with one attached hydrogen (secondary N) is 3. The highest BCUT2D eigenvalue weighted by atomic mass is 32.2. The second kappa shape index (κ2) is 9.71. The van der Waals surface area contributed by atoms with E-state index < -0.39 is 27.7 Å². The van der Waals surface area contributed by atoms with Gasteiger partial charge in [-0.3, -0.25) is 14.4 Å². The number of nitrogens with two attached hydrogens (primary N) is 1. The first-order valence-electron chi connectivity index (χ1n) is 9.83. The molecule has 0 saturated heterocycles. The van der Waals surface area contributed by atoms with Gasteiger partial charge < -0.3 is 16.4 Å². The van der Waals surface area contributed by atoms with Crippen LogP contribution in [0.25, 0.3) is 0 Å². The molecule has 2 aromatic rings. The van der Waals surface area contributed by atoms with Gasteiger partial charge in [0, 0.05) is 25.1 Å². The Kier molecular flexibility index (Phi) is 7.03. The van der Waals surface area contributed by atoms with Gasteiger partial charge in [0.25, 0.3) is 11.8 Å². The number of carbonyl (C=O) groups excluding carboxylic acids is 3. The van der Waals surface area contributed by atoms with Crippen molar-refractivity contribution < 1.29 is 22.8 Å². The van der Waals surface area contributed by atoms with E-state index in [-0.39, 0.29) is 34.7 Å². The molecule has 0 spiro atoms. The Bertz CT molecular complexity index is 1100. The van der Waals surface area contributed by atoms with Crippen molar-refractivity contribution in [3.05, 3.63) is 59.7 Å². The van der Waals surface area contributed by atoms with E-state index in [9.17, 15) is 22.8 Å². The molecule has 31 heavy (non-hydrogen) atoms. The van der Waals surface area contributed by atoms with Gasteiger partial charge in [-0.05, 0) is 49.1 Å². The SMILES string of the molecule is NC(=O)CCNC(=O)c1ccccc1NC(=O)c1cccc(S(=O)(=O)NCC2CC2)c1. The van der Waals surface area contributed by atoms with E-state index in [0.29, 0.717) is 12.5 Å². The van der Waals surface area contributed by atoms with Gasteiger partial charge in [-0.1, -0.05) is 18.2 Å². The van der Waals surface area contributed by atoms with Crippen LogP contribution in [0.1, 0.15) is 40.0 Å². The van der Waals surface area contributed by atoms with Crippen LogP contribution in [0, 0.1) is 5.92 Å². The van der Waals surface area contributed by atoms with Gasteiger partial charge in [-0.2, -0.15) is 0 Å². The Morgan fingerprint density at radius 2 is 1.74 bits per heavy atom. The summed E-state index contributed by atoms with van der Waals surface area (Å²) in [5, 5.41) is 5.20. The van der Waals surface area contributed by atoms with Crippen molar-refractivity contribution in [1.82, 2.24) is 10.0 Å². The van der Waals surface area contributed by atoms with Crippen LogP contribution < -0.4 is 21.1 Å². The first-order chi connectivity index (χ1) is 14.8. The molecule has 0 radical (unpaired) electrons. The zero-order valence-corrected chi connectivity index (χ0v) is 17.6. The molecule has 0 bridgehead atoms. The highest BCUT2D eigenvalue weighted by Gasteiger charge is 2.24. The monoisotopic (exact) mass is 444 g/mol. The molecule has 3 rings (SSSR count). The molecule has 2 aromatic carbocycles. The second-order valence-corrected chi connectivity index (χ2v) is 9.06. The van der Waals surface area contributed by atoms with E-state index in [1.165, 1.54) is 30.3 Å². The molecule has 1 aliphatic carbocycles. The van der Waals surface area contributed by atoms with Crippen LogP contribution in [0.15, 0.2) is 53.4 Å². The molecule has 0 unspecified atom stereocenters. The largest absolute Gasteiger partial charge is 0.370 e. The summed E-state index contributed by atoms with van der Waals surface area (Å²) in [6, 6.07) is 12.1. The zero-order valence-electron chi connectivity index (χ0n) is 16.8. The maximum atomic E-state index is 12.7. The van der Waals surface area contributed by atoms with Gasteiger partial charge in [0.05, 0.1) is 16.1 Å². The quantitative estimate of drug-likeness (QED) is 0.435. The molecule has 0 heterocycles. The van der Waals surface area contributed by atoms with E-state index >= 15 is 0 Å². The number of sulfonamides is 1. The first-order valence-corrected chi connectivity index (χ1v) is 11.3. The van der Waals surface area contributed by atoms with E-state index in [1.54, 1.807) is 18.2 Å². The van der Waals surface area contributed by atoms with Gasteiger partial charge >= 0.3 is 0 Å². The van der Waals surface area contributed by atoms with E-state index in [0.717, 1.165) is 12.8 Å². The summed E-state index contributed by atoms with van der Waals surface area (Å²) in [4.78, 5) is 35.9. The highest BCUT2D eigenvalue weighted by Crippen LogP contribution is 2.28. The fourth-order valence-electron chi connectivity index (χ4n) is 2.82. The third-order valence-corrected chi connectivity index (χ3v) is 6.16. The third-order valence-electron chi connectivity index (χ3n) is 4.74. The average molecular weight is 445 g/mol. The number of hydrogen-bond acceptors (Lipinski definition) is 5. The van der Waals surface area contributed by atoms with Crippen molar-refractivity contribution >= 4 is 33.4 Å². The molecule has 9 nitrogen and oxygen atoms in total. The topological polar surface area (TPSA) is 147 Å². The van der Waals surface area contributed by atoms with Crippen LogP contribution in [0.3, 0.4) is 0 Å². The van der Waals surface area contributed by atoms with Crippen LogP contribution >= 0.6 is 0 Å². The van der Waals surface area contributed by atoms with Crippen LogP contribution in [0.2, 0.25) is 0 Å². The molecule has 0 atom stereocenters. The van der Waals surface area contributed by atoms with Crippen molar-refractivity contribution in [2.45, 2.75) is 24.2 Å². The maximum Gasteiger partial charge on any atom is 0.255 e. The van der Waals surface area contributed by atoms with Gasteiger partial charge in [0.2, 0.25) is 15.9 Å². The van der Waals surface area contributed by atoms with Crippen molar-refractivity contribution in [2.24, 2.45) is 11.7 Å². The van der Waals surface area contributed by atoms with Gasteiger partial charge in [0.1, 0.15) is 0 Å². The molecule has 3 amide bonds. The Labute approximate surface area is 180 Å². The highest BCUT2D eigenvalue weighted by molar-refractivity contribution is 7.89. The molecule has 1 saturated carbocycles. The molecular formula is C21H24N4O5S. The summed E-state index contributed by atoms with van der Waals surface area (Å²) < 4.78 is 27.5. The number of benzene rings is 2. The Morgan fingerprint density at radius 1 is 1.00 bits per heavy atom. The van der Waals surface area contributed by atoms with E-state index in [1.807, 2.05) is 0 Å². The molecule has 10 heteroatoms. The number of amides is 3. The number of rotatable bonds is 10. The molecule has 1 aliphatic rings. The summed E-state index contributed by atoms with van der Waals surface area (Å²) in [5.74, 6) is -1.19. The molecule has 5 N–H and O–H groups in total. The molecule has 0 aromatic heterocycles. The number of anilines is 1. The smallest absolute Gasteiger partial charge is 0.255 e. The van der Waals surface area contributed by atoms with Crippen LogP contribution in [-0.2, 0) is 14.8 Å². The minimum Gasteiger partial charge on any atom is -0.370 e. The fourth-order valence-corrected chi connectivity index (χ4v) is 3.98. The zero-order chi connectivity index (χ0) is 22.4. The van der Waals surface area contributed by atoms with Crippen molar-refractivity contribution in [3.63, 3.8) is 0 Å². The van der Waals surface area contributed by atoms with E-state index in [2.05, 4.69) is 15.4 Å². The maximum absolute atomic E-state index is 12.7. The lowest BCUT2D eigenvalue weighted by atomic mass is 10.1. The van der Waals surface area contributed by atoms with Gasteiger partial charge in [-0.15, -0.1) is 0 Å². The summed E-state index contributed by atoms with van der Waals surface area (Å²) in [5.41, 5.74) is 5.66. The predicted molar refractivity (Wildman–Crippen MR) is 115 cm³/mol. The number of primary amides is 1. The van der Waals surface area contributed by atoms with Crippen LogP contribution in [0.5, 0.6) is 0 Å². The average Bonchev–Trinajstić information content (AvgIpc) is 3.57. The summed E-state index contributed by atoms with van der Waals surface area (Å²) in [7, 11) is -3.72. The standard InChI is InChI=1S/C21H24N4O5S/c22-19(26)10-11-23-21(28)17-6-1-2-7-18(17)25-20(27)15-4-3-5-16(12-15)31(29,30)24-13-14-8-9-14/h1-7,12,14,24H,8-11,13H2,(H2,22,26)(H,23,28)(H,25,27). The van der Waals surface area contributed by atoms with Crippen molar-refractivity contribution in [3.8, 4) is 0 Å². The molecule has 164 valence electrons. The molecule has 1 fully saturated rings. The van der Waals surface area contributed by atoms with Crippen LogP contribution in [0.4, 0.5) is 5.69 Å². The fraction of sp³-hybridized carbons (Fsp3) is 0.286. The van der Waals surface area contributed by atoms with Crippen LogP contribution in [-0.4, -0.2) is 39.2 Å². The Morgan fingerprint density at radius 3 is 2.45 bits per heavy atom. The Balaban J connectivity index is 1.72. The summed E-state index contributed by atoms with van der Waals surface area (Å²) in [6.07, 6.45) is 2.03. The second-order valence-electron chi connectivity index (χ2n) is 7.30. The minimum absolute atomic E-state index is 0.00159. The summed E-state index contributed by atoms with van der Waals surface area (Å²) in [6.45, 7) is 0.460. The Hall–Kier alpha value is -3.24. The third kappa shape index (κ3) is 6.37. The summed E-state index contributed by atoms with van der Waals surface area (Å²) >= 11 is 0. The van der Waals surface area contributed by atoms with Crippen molar-refractivity contribution in [1.29, 1.82) is 0 Å². The molecular weight excluding hydrogens is 420 g/mol. The lowest BCUT2D eigenvalue weighted by Crippen LogP contribution is -2.29. The van der Waals surface area contributed by atoms with Crippen molar-refractivity contribution in [2.75, 3.05) is 18.4 Å². The van der Waals surface area contributed by atoms with E-state index in [4.69, 9.17) is 5.73 Å². The predicted octanol–water partition coefficient (Wildman–Crippen LogP) is 1.23. The molecule has 0 aliphatic heterocycles. The minimum atomic E-state index is -3.72. The lowest BCUT2D eigenvalue weighted by molar-refractivity contribution is -0.117. The first kappa shape index (κ1) is 22.4.